The highest BCUT2D eigenvalue weighted by Gasteiger charge is 2.17. The molecule has 1 fully saturated rings. The van der Waals surface area contributed by atoms with E-state index in [4.69, 9.17) is 0 Å². The first-order chi connectivity index (χ1) is 4.77. The van der Waals surface area contributed by atoms with Crippen molar-refractivity contribution in [2.45, 2.75) is 26.1 Å². The zero-order chi connectivity index (χ0) is 7.56. The molecule has 10 heavy (non-hydrogen) atoms. The van der Waals surface area contributed by atoms with Crippen LogP contribution in [-0.4, -0.2) is 5.37 Å². The number of hydrogen-bond acceptors (Lipinski definition) is 2. The first-order valence-corrected chi connectivity index (χ1v) is 4.42. The van der Waals surface area contributed by atoms with Gasteiger partial charge < -0.3 is 5.32 Å². The zero-order valence-corrected chi connectivity index (χ0v) is 7.46. The quantitative estimate of drug-likeness (QED) is 0.576. The number of thioether (sulfide) groups is 1. The summed E-state index contributed by atoms with van der Waals surface area (Å²) < 4.78 is 0. The van der Waals surface area contributed by atoms with Gasteiger partial charge in [0.05, 0.1) is 5.37 Å². The van der Waals surface area contributed by atoms with E-state index in [-0.39, 0.29) is 0 Å². The van der Waals surface area contributed by atoms with Crippen LogP contribution in [0.1, 0.15) is 20.8 Å². The zero-order valence-electron chi connectivity index (χ0n) is 6.64. The lowest BCUT2D eigenvalue weighted by molar-refractivity contribution is 0.842. The molecule has 0 spiro atoms. The van der Waals surface area contributed by atoms with Crippen molar-refractivity contribution >= 4 is 11.8 Å². The van der Waals surface area contributed by atoms with Gasteiger partial charge in [-0.05, 0) is 20.8 Å². The fourth-order valence-electron chi connectivity index (χ4n) is 1.02. The first kappa shape index (κ1) is 7.73. The minimum atomic E-state index is 0.539. The van der Waals surface area contributed by atoms with Gasteiger partial charge in [-0.15, -0.1) is 0 Å². The molecule has 1 rings (SSSR count). The second kappa shape index (κ2) is 3.15. The molecule has 1 aliphatic rings. The normalized spacial score (nSPS) is 33.3. The molecule has 1 saturated heterocycles. The molecule has 0 saturated carbocycles. The van der Waals surface area contributed by atoms with E-state index in [9.17, 15) is 0 Å². The van der Waals surface area contributed by atoms with E-state index in [2.05, 4.69) is 38.2 Å². The van der Waals surface area contributed by atoms with Gasteiger partial charge in [0.25, 0.3) is 0 Å². The Morgan fingerprint density at radius 3 is 2.50 bits per heavy atom. The topological polar surface area (TPSA) is 12.0 Å². The van der Waals surface area contributed by atoms with Crippen molar-refractivity contribution in [1.29, 1.82) is 0 Å². The molecule has 0 amide bonds. The van der Waals surface area contributed by atoms with Crippen LogP contribution in [0.15, 0.2) is 22.8 Å². The van der Waals surface area contributed by atoms with Crippen molar-refractivity contribution < 1.29 is 0 Å². The summed E-state index contributed by atoms with van der Waals surface area (Å²) >= 11 is 1.88. The van der Waals surface area contributed by atoms with Gasteiger partial charge in [-0.1, -0.05) is 23.9 Å². The molecule has 1 nitrogen and oxygen atoms in total. The Morgan fingerprint density at radius 2 is 2.10 bits per heavy atom. The van der Waals surface area contributed by atoms with Crippen LogP contribution in [0.5, 0.6) is 0 Å². The van der Waals surface area contributed by atoms with E-state index >= 15 is 0 Å². The molecule has 0 aliphatic carbocycles. The van der Waals surface area contributed by atoms with Crippen molar-refractivity contribution in [1.82, 2.24) is 5.32 Å². The molecule has 56 valence electrons. The Kier molecular flexibility index (Phi) is 2.44. The summed E-state index contributed by atoms with van der Waals surface area (Å²) in [5, 5.41) is 3.90. The Labute approximate surface area is 66.6 Å². The highest BCUT2D eigenvalue weighted by Crippen LogP contribution is 2.32. The molecular weight excluding hydrogens is 142 g/mol. The van der Waals surface area contributed by atoms with Crippen LogP contribution in [0.25, 0.3) is 0 Å². The Morgan fingerprint density at radius 1 is 1.40 bits per heavy atom. The Bertz CT molecular complexity index is 162. The van der Waals surface area contributed by atoms with Crippen molar-refractivity contribution in [3.05, 3.63) is 22.8 Å². The molecule has 0 aromatic rings. The van der Waals surface area contributed by atoms with E-state index < -0.39 is 0 Å². The number of allylic oxidation sites excluding steroid dienone is 2. The summed E-state index contributed by atoms with van der Waals surface area (Å²) in [5.41, 5.74) is 1.28. The molecule has 1 unspecified atom stereocenters. The maximum absolute atomic E-state index is 3.36. The minimum absolute atomic E-state index is 0.539. The summed E-state index contributed by atoms with van der Waals surface area (Å²) in [4.78, 5) is 1.37. The van der Waals surface area contributed by atoms with Crippen molar-refractivity contribution in [3.8, 4) is 0 Å². The lowest BCUT2D eigenvalue weighted by Gasteiger charge is -1.98. The fourth-order valence-corrected chi connectivity index (χ4v) is 2.03. The SMILES string of the molecule is C/C=C1/NC(C)S/C1=C/C. The monoisotopic (exact) mass is 155 g/mol. The lowest BCUT2D eigenvalue weighted by Crippen LogP contribution is -2.13. The number of nitrogens with one attached hydrogen (secondary N) is 1. The fraction of sp³-hybridized carbons (Fsp3) is 0.500. The Balaban J connectivity index is 2.77. The lowest BCUT2D eigenvalue weighted by atomic mass is 10.3. The van der Waals surface area contributed by atoms with E-state index in [1.807, 2.05) is 11.8 Å². The predicted molar refractivity (Wildman–Crippen MR) is 47.7 cm³/mol. The van der Waals surface area contributed by atoms with Crippen LogP contribution in [0.2, 0.25) is 0 Å². The Hall–Kier alpha value is -0.370. The van der Waals surface area contributed by atoms with Gasteiger partial charge in [0.1, 0.15) is 0 Å². The van der Waals surface area contributed by atoms with Crippen molar-refractivity contribution in [2.24, 2.45) is 0 Å². The maximum Gasteiger partial charge on any atom is 0.0741 e. The van der Waals surface area contributed by atoms with Gasteiger partial charge in [-0.2, -0.15) is 0 Å². The van der Waals surface area contributed by atoms with Gasteiger partial charge in [0, 0.05) is 10.6 Å². The molecule has 1 aliphatic heterocycles. The molecular formula is C8H13NS. The summed E-state index contributed by atoms with van der Waals surface area (Å²) in [6.45, 7) is 6.31. The third-order valence-electron chi connectivity index (χ3n) is 1.48. The van der Waals surface area contributed by atoms with Crippen LogP contribution in [0.4, 0.5) is 0 Å². The standard InChI is InChI=1S/C8H13NS/c1-4-7-8(5-2)10-6(3)9-7/h4-6,9H,1-3H3/b7-4+,8-5+. The van der Waals surface area contributed by atoms with Gasteiger partial charge in [-0.3, -0.25) is 0 Å². The number of hydrogen-bond donors (Lipinski definition) is 1. The van der Waals surface area contributed by atoms with E-state index in [1.165, 1.54) is 10.6 Å². The minimum Gasteiger partial charge on any atom is -0.373 e. The molecule has 1 heterocycles. The summed E-state index contributed by atoms with van der Waals surface area (Å²) in [6.07, 6.45) is 4.27. The molecule has 0 bridgehead atoms. The molecule has 1 N–H and O–H groups in total. The summed E-state index contributed by atoms with van der Waals surface area (Å²) in [5.74, 6) is 0. The first-order valence-electron chi connectivity index (χ1n) is 3.54. The van der Waals surface area contributed by atoms with Gasteiger partial charge in [-0.25, -0.2) is 0 Å². The summed E-state index contributed by atoms with van der Waals surface area (Å²) in [6, 6.07) is 0. The number of rotatable bonds is 0. The van der Waals surface area contributed by atoms with Crippen molar-refractivity contribution in [3.63, 3.8) is 0 Å². The predicted octanol–water partition coefficient (Wildman–Crippen LogP) is 2.48. The maximum atomic E-state index is 3.36. The second-order valence-corrected chi connectivity index (χ2v) is 3.64. The summed E-state index contributed by atoms with van der Waals surface area (Å²) in [7, 11) is 0. The third kappa shape index (κ3) is 1.37. The highest BCUT2D eigenvalue weighted by molar-refractivity contribution is 8.04. The van der Waals surface area contributed by atoms with Gasteiger partial charge in [0.2, 0.25) is 0 Å². The molecule has 0 aromatic carbocycles. The smallest absolute Gasteiger partial charge is 0.0741 e. The highest BCUT2D eigenvalue weighted by atomic mass is 32.2. The largest absolute Gasteiger partial charge is 0.373 e. The average molecular weight is 155 g/mol. The van der Waals surface area contributed by atoms with E-state index in [1.54, 1.807) is 0 Å². The second-order valence-electron chi connectivity index (χ2n) is 2.26. The van der Waals surface area contributed by atoms with Crippen molar-refractivity contribution in [2.75, 3.05) is 0 Å². The van der Waals surface area contributed by atoms with E-state index in [0.29, 0.717) is 5.37 Å². The molecule has 0 radical (unpaired) electrons. The average Bonchev–Trinajstić information content (AvgIpc) is 2.30. The molecule has 1 atom stereocenters. The molecule has 0 aromatic heterocycles. The van der Waals surface area contributed by atoms with Crippen LogP contribution >= 0.6 is 11.8 Å². The van der Waals surface area contributed by atoms with Crippen LogP contribution in [-0.2, 0) is 0 Å². The van der Waals surface area contributed by atoms with Crippen LogP contribution in [0, 0.1) is 0 Å². The van der Waals surface area contributed by atoms with Gasteiger partial charge >= 0.3 is 0 Å². The van der Waals surface area contributed by atoms with Crippen LogP contribution in [0.3, 0.4) is 0 Å². The third-order valence-corrected chi connectivity index (χ3v) is 2.66. The molecule has 2 heteroatoms. The van der Waals surface area contributed by atoms with Gasteiger partial charge in [0.15, 0.2) is 0 Å². The van der Waals surface area contributed by atoms with Crippen LogP contribution < -0.4 is 5.32 Å². The van der Waals surface area contributed by atoms with E-state index in [0.717, 1.165) is 0 Å².